The third-order valence-electron chi connectivity index (χ3n) is 4.04. The van der Waals surface area contributed by atoms with E-state index in [1.54, 1.807) is 6.07 Å². The number of benzene rings is 1. The molecule has 0 amide bonds. The van der Waals surface area contributed by atoms with Crippen molar-refractivity contribution in [1.29, 1.82) is 0 Å². The van der Waals surface area contributed by atoms with E-state index in [-0.39, 0.29) is 11.4 Å². The zero-order valence-electron chi connectivity index (χ0n) is 10.2. The third-order valence-corrected chi connectivity index (χ3v) is 4.41. The zero-order valence-corrected chi connectivity index (χ0v) is 10.9. The summed E-state index contributed by atoms with van der Waals surface area (Å²) in [6.07, 6.45) is 5.24. The van der Waals surface area contributed by atoms with Crippen LogP contribution in [0.4, 0.5) is 4.39 Å². The average molecular weight is 256 g/mol. The second kappa shape index (κ2) is 4.95. The van der Waals surface area contributed by atoms with E-state index in [0.29, 0.717) is 17.4 Å². The summed E-state index contributed by atoms with van der Waals surface area (Å²) in [6.45, 7) is 2.19. The molecule has 0 aliphatic heterocycles. The van der Waals surface area contributed by atoms with Gasteiger partial charge in [-0.3, -0.25) is 0 Å². The Morgan fingerprint density at radius 1 is 1.47 bits per heavy atom. The summed E-state index contributed by atoms with van der Waals surface area (Å²) in [5, 5.41) is 0.619. The molecule has 0 bridgehead atoms. The second-order valence-electron chi connectivity index (χ2n) is 5.29. The fraction of sp³-hybridized carbons (Fsp3) is 0.571. The first-order valence-electron chi connectivity index (χ1n) is 6.24. The fourth-order valence-electron chi connectivity index (χ4n) is 2.73. The van der Waals surface area contributed by atoms with Gasteiger partial charge in [0.1, 0.15) is 5.82 Å². The van der Waals surface area contributed by atoms with E-state index in [4.69, 9.17) is 17.3 Å². The van der Waals surface area contributed by atoms with Crippen molar-refractivity contribution in [3.05, 3.63) is 34.6 Å². The maximum atomic E-state index is 13.2. The molecule has 2 unspecified atom stereocenters. The minimum absolute atomic E-state index is 0.227. The van der Waals surface area contributed by atoms with E-state index in [1.807, 2.05) is 0 Å². The van der Waals surface area contributed by atoms with Crippen LogP contribution < -0.4 is 5.73 Å². The number of nitrogens with two attached hydrogens (primary N) is 1. The highest BCUT2D eigenvalue weighted by atomic mass is 35.5. The lowest BCUT2D eigenvalue weighted by Crippen LogP contribution is -2.50. The minimum atomic E-state index is -0.239. The van der Waals surface area contributed by atoms with Gasteiger partial charge in [-0.15, -0.1) is 0 Å². The van der Waals surface area contributed by atoms with E-state index in [9.17, 15) is 4.39 Å². The smallest absolute Gasteiger partial charge is 0.123 e. The van der Waals surface area contributed by atoms with Gasteiger partial charge in [-0.05, 0) is 48.9 Å². The van der Waals surface area contributed by atoms with E-state index >= 15 is 0 Å². The molecule has 1 aromatic rings. The van der Waals surface area contributed by atoms with E-state index in [2.05, 4.69) is 6.92 Å². The topological polar surface area (TPSA) is 26.0 Å². The summed E-state index contributed by atoms with van der Waals surface area (Å²) in [7, 11) is 0. The SMILES string of the molecule is CC1CCCCC1(N)Cc1cc(F)ccc1Cl. The first-order valence-corrected chi connectivity index (χ1v) is 6.62. The summed E-state index contributed by atoms with van der Waals surface area (Å²) in [5.41, 5.74) is 7.08. The van der Waals surface area contributed by atoms with Crippen molar-refractivity contribution in [2.75, 3.05) is 0 Å². The molecule has 0 spiro atoms. The molecule has 1 aliphatic rings. The van der Waals surface area contributed by atoms with Crippen LogP contribution in [-0.2, 0) is 6.42 Å². The Morgan fingerprint density at radius 3 is 2.94 bits per heavy atom. The quantitative estimate of drug-likeness (QED) is 0.851. The molecule has 1 aromatic carbocycles. The van der Waals surface area contributed by atoms with Crippen LogP contribution in [0, 0.1) is 11.7 Å². The lowest BCUT2D eigenvalue weighted by atomic mass is 9.71. The van der Waals surface area contributed by atoms with Crippen molar-refractivity contribution >= 4 is 11.6 Å². The van der Waals surface area contributed by atoms with Crippen molar-refractivity contribution in [3.8, 4) is 0 Å². The molecule has 2 rings (SSSR count). The molecule has 3 heteroatoms. The molecule has 1 aliphatic carbocycles. The fourth-order valence-corrected chi connectivity index (χ4v) is 2.92. The molecular weight excluding hydrogens is 237 g/mol. The molecule has 2 N–H and O–H groups in total. The largest absolute Gasteiger partial charge is 0.325 e. The minimum Gasteiger partial charge on any atom is -0.325 e. The Hall–Kier alpha value is -0.600. The number of rotatable bonds is 2. The van der Waals surface area contributed by atoms with Crippen LogP contribution in [0.15, 0.2) is 18.2 Å². The van der Waals surface area contributed by atoms with Crippen molar-refractivity contribution < 1.29 is 4.39 Å². The van der Waals surface area contributed by atoms with Gasteiger partial charge in [-0.25, -0.2) is 4.39 Å². The monoisotopic (exact) mass is 255 g/mol. The van der Waals surface area contributed by atoms with Crippen molar-refractivity contribution in [3.63, 3.8) is 0 Å². The van der Waals surface area contributed by atoms with E-state index in [1.165, 1.54) is 18.6 Å². The molecule has 94 valence electrons. The zero-order chi connectivity index (χ0) is 12.5. The van der Waals surface area contributed by atoms with Crippen LogP contribution in [0.5, 0.6) is 0 Å². The maximum Gasteiger partial charge on any atom is 0.123 e. The maximum absolute atomic E-state index is 13.2. The van der Waals surface area contributed by atoms with Gasteiger partial charge in [-0.2, -0.15) is 0 Å². The molecule has 0 aromatic heterocycles. The molecule has 1 saturated carbocycles. The Kier molecular flexibility index (Phi) is 3.74. The molecule has 1 fully saturated rings. The van der Waals surface area contributed by atoms with Gasteiger partial charge in [0, 0.05) is 10.6 Å². The first kappa shape index (κ1) is 12.8. The molecule has 2 atom stereocenters. The standard InChI is InChI=1S/C14H19ClFN/c1-10-4-2-3-7-14(10,17)9-11-8-12(16)5-6-13(11)15/h5-6,8,10H,2-4,7,9,17H2,1H3. The second-order valence-corrected chi connectivity index (χ2v) is 5.70. The summed E-state index contributed by atoms with van der Waals surface area (Å²) >= 11 is 6.10. The Balaban J connectivity index is 2.21. The van der Waals surface area contributed by atoms with Crippen LogP contribution in [0.3, 0.4) is 0 Å². The van der Waals surface area contributed by atoms with E-state index < -0.39 is 0 Å². The van der Waals surface area contributed by atoms with E-state index in [0.717, 1.165) is 24.8 Å². The molecule has 17 heavy (non-hydrogen) atoms. The molecular formula is C14H19ClFN. The Bertz CT molecular complexity index is 407. The predicted octanol–water partition coefficient (Wildman–Crippen LogP) is 3.93. The summed E-state index contributed by atoms with van der Waals surface area (Å²) < 4.78 is 13.2. The summed E-state index contributed by atoms with van der Waals surface area (Å²) in [4.78, 5) is 0. The van der Waals surface area contributed by atoms with Crippen LogP contribution in [-0.4, -0.2) is 5.54 Å². The van der Waals surface area contributed by atoms with Crippen LogP contribution in [0.1, 0.15) is 38.2 Å². The van der Waals surface area contributed by atoms with Gasteiger partial charge >= 0.3 is 0 Å². The van der Waals surface area contributed by atoms with Crippen molar-refractivity contribution in [2.45, 2.75) is 44.6 Å². The Morgan fingerprint density at radius 2 is 2.24 bits per heavy atom. The molecule has 0 radical (unpaired) electrons. The third kappa shape index (κ3) is 2.80. The van der Waals surface area contributed by atoms with Crippen LogP contribution >= 0.6 is 11.6 Å². The van der Waals surface area contributed by atoms with Crippen LogP contribution in [0.2, 0.25) is 5.02 Å². The number of hydrogen-bond acceptors (Lipinski definition) is 1. The molecule has 1 nitrogen and oxygen atoms in total. The highest BCUT2D eigenvalue weighted by Gasteiger charge is 2.34. The van der Waals surface area contributed by atoms with Gasteiger partial charge < -0.3 is 5.73 Å². The predicted molar refractivity (Wildman–Crippen MR) is 69.7 cm³/mol. The van der Waals surface area contributed by atoms with Gasteiger partial charge in [0.15, 0.2) is 0 Å². The lowest BCUT2D eigenvalue weighted by molar-refractivity contribution is 0.204. The average Bonchev–Trinajstić information content (AvgIpc) is 2.28. The highest BCUT2D eigenvalue weighted by molar-refractivity contribution is 6.31. The lowest BCUT2D eigenvalue weighted by Gasteiger charge is -2.40. The number of hydrogen-bond donors (Lipinski definition) is 1. The molecule has 0 saturated heterocycles. The van der Waals surface area contributed by atoms with Crippen LogP contribution in [0.25, 0.3) is 0 Å². The normalized spacial score (nSPS) is 29.3. The number of halogens is 2. The Labute approximate surface area is 107 Å². The van der Waals surface area contributed by atoms with Gasteiger partial charge in [-0.1, -0.05) is 31.4 Å². The summed E-state index contributed by atoms with van der Waals surface area (Å²) in [6, 6.07) is 4.51. The van der Waals surface area contributed by atoms with Crippen molar-refractivity contribution in [1.82, 2.24) is 0 Å². The highest BCUT2D eigenvalue weighted by Crippen LogP contribution is 2.35. The first-order chi connectivity index (χ1) is 8.01. The van der Waals surface area contributed by atoms with Crippen molar-refractivity contribution in [2.24, 2.45) is 11.7 Å². The van der Waals surface area contributed by atoms with Gasteiger partial charge in [0.2, 0.25) is 0 Å². The van der Waals surface area contributed by atoms with Gasteiger partial charge in [0.25, 0.3) is 0 Å². The van der Waals surface area contributed by atoms with Gasteiger partial charge in [0.05, 0.1) is 0 Å². The summed E-state index contributed by atoms with van der Waals surface area (Å²) in [5.74, 6) is 0.229. The molecule has 0 heterocycles.